The Morgan fingerprint density at radius 3 is 2.25 bits per heavy atom. The first-order valence-corrected chi connectivity index (χ1v) is 9.24. The molecule has 0 atom stereocenters. The Balaban J connectivity index is 2.00. The average molecular weight is 347 g/mol. The van der Waals surface area contributed by atoms with Gasteiger partial charge in [0, 0.05) is 15.7 Å². The van der Waals surface area contributed by atoms with E-state index in [-0.39, 0.29) is 15.7 Å². The lowest BCUT2D eigenvalue weighted by atomic mass is 10.4. The second kappa shape index (κ2) is 6.85. The normalized spacial score (nSPS) is 11.5. The van der Waals surface area contributed by atoms with Crippen molar-refractivity contribution in [3.05, 3.63) is 58.6 Å². The summed E-state index contributed by atoms with van der Waals surface area (Å²) >= 11 is 13.2. The van der Waals surface area contributed by atoms with E-state index in [2.05, 4.69) is 0 Å². The highest BCUT2D eigenvalue weighted by atomic mass is 35.5. The monoisotopic (exact) mass is 346 g/mol. The molecule has 0 bridgehead atoms. The van der Waals surface area contributed by atoms with Crippen molar-refractivity contribution < 1.29 is 8.42 Å². The van der Waals surface area contributed by atoms with Gasteiger partial charge in [-0.25, -0.2) is 8.42 Å². The Bertz CT molecular complexity index is 683. The first kappa shape index (κ1) is 15.7. The van der Waals surface area contributed by atoms with Crippen molar-refractivity contribution >= 4 is 44.8 Å². The molecule has 2 aromatic rings. The molecule has 20 heavy (non-hydrogen) atoms. The summed E-state index contributed by atoms with van der Waals surface area (Å²) in [5.74, 6) is 0.513. The minimum atomic E-state index is -3.35. The third-order valence-electron chi connectivity index (χ3n) is 2.61. The molecular weight excluding hydrogens is 335 g/mol. The van der Waals surface area contributed by atoms with Crippen molar-refractivity contribution in [2.75, 3.05) is 11.5 Å². The molecule has 2 nitrogen and oxygen atoms in total. The second-order valence-corrected chi connectivity index (χ2v) is 8.14. The van der Waals surface area contributed by atoms with Gasteiger partial charge in [-0.15, -0.1) is 11.8 Å². The van der Waals surface area contributed by atoms with E-state index in [4.69, 9.17) is 23.2 Å². The number of halogens is 2. The first-order chi connectivity index (χ1) is 9.49. The Kier molecular flexibility index (Phi) is 5.38. The molecule has 0 radical (unpaired) electrons. The van der Waals surface area contributed by atoms with Gasteiger partial charge in [-0.1, -0.05) is 35.3 Å². The summed E-state index contributed by atoms with van der Waals surface area (Å²) in [4.78, 5) is 1.18. The van der Waals surface area contributed by atoms with Crippen LogP contribution in [0.15, 0.2) is 58.3 Å². The topological polar surface area (TPSA) is 34.1 Å². The molecule has 0 amide bonds. The Labute approximate surface area is 133 Å². The fourth-order valence-corrected chi connectivity index (χ4v) is 4.87. The number of hydrogen-bond donors (Lipinski definition) is 0. The maximum atomic E-state index is 12.2. The van der Waals surface area contributed by atoms with Gasteiger partial charge < -0.3 is 0 Å². The van der Waals surface area contributed by atoms with E-state index in [9.17, 15) is 8.42 Å². The standard InChI is InChI=1S/C14H12Cl2O2S2/c15-11-5-7-12(8-6-11)19-9-10-20(17,18)14-4-2-1-3-13(14)16/h1-8H,9-10H2. The van der Waals surface area contributed by atoms with Gasteiger partial charge in [0.1, 0.15) is 0 Å². The molecule has 0 heterocycles. The second-order valence-electron chi connectivity index (χ2n) is 4.05. The molecule has 0 N–H and O–H groups in total. The van der Waals surface area contributed by atoms with Gasteiger partial charge in [0.05, 0.1) is 15.7 Å². The van der Waals surface area contributed by atoms with Crippen LogP contribution in [0, 0.1) is 0 Å². The summed E-state index contributed by atoms with van der Waals surface area (Å²) in [5.41, 5.74) is 0. The smallest absolute Gasteiger partial charge is 0.180 e. The molecule has 0 fully saturated rings. The third kappa shape index (κ3) is 4.16. The maximum Gasteiger partial charge on any atom is 0.180 e. The molecule has 0 aliphatic heterocycles. The molecule has 0 spiro atoms. The quantitative estimate of drug-likeness (QED) is 0.744. The SMILES string of the molecule is O=S(=O)(CCSc1ccc(Cl)cc1)c1ccccc1Cl. The minimum Gasteiger partial charge on any atom is -0.224 e. The van der Waals surface area contributed by atoms with Crippen molar-refractivity contribution in [3.8, 4) is 0 Å². The average Bonchev–Trinajstić information content (AvgIpc) is 2.41. The number of rotatable bonds is 5. The number of thioether (sulfide) groups is 1. The largest absolute Gasteiger partial charge is 0.224 e. The molecule has 2 rings (SSSR count). The van der Waals surface area contributed by atoms with Crippen molar-refractivity contribution in [2.45, 2.75) is 9.79 Å². The summed E-state index contributed by atoms with van der Waals surface area (Å²) < 4.78 is 24.4. The van der Waals surface area contributed by atoms with Crippen LogP contribution in [-0.2, 0) is 9.84 Å². The zero-order valence-electron chi connectivity index (χ0n) is 10.4. The Morgan fingerprint density at radius 2 is 1.60 bits per heavy atom. The predicted molar refractivity (Wildman–Crippen MR) is 85.7 cm³/mol. The van der Waals surface area contributed by atoms with E-state index in [1.165, 1.54) is 17.8 Å². The molecule has 0 aromatic heterocycles. The zero-order chi connectivity index (χ0) is 14.6. The van der Waals surface area contributed by atoms with Crippen LogP contribution in [0.4, 0.5) is 0 Å². The number of benzene rings is 2. The Hall–Kier alpha value is -0.680. The lowest BCUT2D eigenvalue weighted by Crippen LogP contribution is -2.09. The third-order valence-corrected chi connectivity index (χ3v) is 6.34. The highest BCUT2D eigenvalue weighted by molar-refractivity contribution is 8.00. The van der Waals surface area contributed by atoms with Gasteiger partial charge in [0.2, 0.25) is 0 Å². The van der Waals surface area contributed by atoms with Gasteiger partial charge in [-0.05, 0) is 36.4 Å². The maximum absolute atomic E-state index is 12.2. The molecule has 0 aliphatic rings. The lowest BCUT2D eigenvalue weighted by Gasteiger charge is -2.06. The molecule has 0 saturated carbocycles. The summed E-state index contributed by atoms with van der Waals surface area (Å²) in [7, 11) is -3.35. The highest BCUT2D eigenvalue weighted by Crippen LogP contribution is 2.24. The summed E-state index contributed by atoms with van der Waals surface area (Å²) in [6.07, 6.45) is 0. The van der Waals surface area contributed by atoms with E-state index in [0.29, 0.717) is 10.8 Å². The van der Waals surface area contributed by atoms with E-state index in [0.717, 1.165) is 4.90 Å². The molecule has 0 unspecified atom stereocenters. The lowest BCUT2D eigenvalue weighted by molar-refractivity contribution is 0.597. The van der Waals surface area contributed by atoms with Crippen LogP contribution in [0.3, 0.4) is 0 Å². The first-order valence-electron chi connectivity index (χ1n) is 5.85. The number of hydrogen-bond acceptors (Lipinski definition) is 3. The van der Waals surface area contributed by atoms with E-state index < -0.39 is 9.84 Å². The van der Waals surface area contributed by atoms with Crippen LogP contribution >= 0.6 is 35.0 Å². The van der Waals surface area contributed by atoms with Crippen LogP contribution in [-0.4, -0.2) is 19.9 Å². The van der Waals surface area contributed by atoms with Crippen molar-refractivity contribution in [3.63, 3.8) is 0 Å². The molecule has 106 valence electrons. The van der Waals surface area contributed by atoms with Crippen molar-refractivity contribution in [2.24, 2.45) is 0 Å². The van der Waals surface area contributed by atoms with E-state index in [1.807, 2.05) is 12.1 Å². The van der Waals surface area contributed by atoms with Crippen LogP contribution in [0.2, 0.25) is 10.0 Å². The summed E-state index contributed by atoms with van der Waals surface area (Å²) in [6, 6.07) is 13.8. The fraction of sp³-hybridized carbons (Fsp3) is 0.143. The molecule has 2 aromatic carbocycles. The molecule has 0 saturated heterocycles. The summed E-state index contributed by atoms with van der Waals surface area (Å²) in [6.45, 7) is 0. The van der Waals surface area contributed by atoms with E-state index in [1.54, 1.807) is 30.3 Å². The molecule has 0 aliphatic carbocycles. The fourth-order valence-electron chi connectivity index (χ4n) is 1.61. The van der Waals surface area contributed by atoms with Gasteiger partial charge in [-0.3, -0.25) is 0 Å². The molecular formula is C14H12Cl2O2S2. The van der Waals surface area contributed by atoms with Crippen LogP contribution in [0.1, 0.15) is 0 Å². The summed E-state index contributed by atoms with van der Waals surface area (Å²) in [5, 5.41) is 0.932. The van der Waals surface area contributed by atoms with E-state index >= 15 is 0 Å². The van der Waals surface area contributed by atoms with Crippen LogP contribution in [0.5, 0.6) is 0 Å². The van der Waals surface area contributed by atoms with Crippen molar-refractivity contribution in [1.29, 1.82) is 0 Å². The van der Waals surface area contributed by atoms with Gasteiger partial charge >= 0.3 is 0 Å². The van der Waals surface area contributed by atoms with Gasteiger partial charge in [0.25, 0.3) is 0 Å². The highest BCUT2D eigenvalue weighted by Gasteiger charge is 2.17. The Morgan fingerprint density at radius 1 is 0.950 bits per heavy atom. The van der Waals surface area contributed by atoms with Crippen LogP contribution in [0.25, 0.3) is 0 Å². The zero-order valence-corrected chi connectivity index (χ0v) is 13.6. The minimum absolute atomic E-state index is 0.0457. The number of sulfone groups is 1. The predicted octanol–water partition coefficient (Wildman–Crippen LogP) is 4.56. The van der Waals surface area contributed by atoms with Gasteiger partial charge in [0.15, 0.2) is 9.84 Å². The van der Waals surface area contributed by atoms with Gasteiger partial charge in [-0.2, -0.15) is 0 Å². The molecule has 6 heteroatoms. The van der Waals surface area contributed by atoms with Crippen molar-refractivity contribution in [1.82, 2.24) is 0 Å². The van der Waals surface area contributed by atoms with Crippen LogP contribution < -0.4 is 0 Å².